The molecule has 1 fully saturated rings. The Labute approximate surface area is 133 Å². The predicted molar refractivity (Wildman–Crippen MR) is 89.5 cm³/mol. The van der Waals surface area contributed by atoms with Crippen LogP contribution in [0.3, 0.4) is 0 Å². The summed E-state index contributed by atoms with van der Waals surface area (Å²) >= 11 is 1.81. The standard InChI is InChI=1S/C16H30N2O2S/c1-7-12-13(19)17-15(5,8-2)14(20)18(12)11-16(9-3,10-4)21-6/h12H,7-11H2,1-6H3,(H,17,19). The van der Waals surface area contributed by atoms with Gasteiger partial charge in [0, 0.05) is 11.3 Å². The molecule has 1 heterocycles. The molecule has 0 aromatic heterocycles. The number of piperazine rings is 1. The molecule has 2 amide bonds. The van der Waals surface area contributed by atoms with Gasteiger partial charge in [0.15, 0.2) is 0 Å². The van der Waals surface area contributed by atoms with Gasteiger partial charge >= 0.3 is 0 Å². The highest BCUT2D eigenvalue weighted by atomic mass is 32.2. The van der Waals surface area contributed by atoms with Crippen LogP contribution in [0.2, 0.25) is 0 Å². The molecule has 1 rings (SSSR count). The molecule has 0 aromatic rings. The van der Waals surface area contributed by atoms with Crippen LogP contribution in [0.5, 0.6) is 0 Å². The third kappa shape index (κ3) is 3.38. The van der Waals surface area contributed by atoms with Crippen LogP contribution in [0.15, 0.2) is 0 Å². The van der Waals surface area contributed by atoms with Crippen LogP contribution < -0.4 is 5.32 Å². The molecule has 4 nitrogen and oxygen atoms in total. The van der Waals surface area contributed by atoms with Crippen LogP contribution >= 0.6 is 11.8 Å². The summed E-state index contributed by atoms with van der Waals surface area (Å²) in [5, 5.41) is 2.93. The Bertz CT molecular complexity index is 387. The minimum atomic E-state index is -0.756. The molecule has 1 aliphatic heterocycles. The molecule has 0 bridgehead atoms. The molecule has 1 saturated heterocycles. The monoisotopic (exact) mass is 314 g/mol. The maximum absolute atomic E-state index is 12.9. The molecule has 0 spiro atoms. The predicted octanol–water partition coefficient (Wildman–Crippen LogP) is 2.81. The number of nitrogens with one attached hydrogen (secondary N) is 1. The second-order valence-corrected chi connectivity index (χ2v) is 7.40. The number of hydrogen-bond acceptors (Lipinski definition) is 3. The zero-order chi connectivity index (χ0) is 16.3. The number of rotatable bonds is 7. The summed E-state index contributed by atoms with van der Waals surface area (Å²) < 4.78 is 0.0371. The van der Waals surface area contributed by atoms with E-state index in [0.29, 0.717) is 19.4 Å². The average molecular weight is 314 g/mol. The van der Waals surface area contributed by atoms with Crippen LogP contribution in [-0.4, -0.2) is 45.8 Å². The van der Waals surface area contributed by atoms with Crippen molar-refractivity contribution in [3.8, 4) is 0 Å². The fourth-order valence-corrected chi connectivity index (χ4v) is 3.82. The number of amides is 2. The van der Waals surface area contributed by atoms with E-state index in [9.17, 15) is 9.59 Å². The number of nitrogens with zero attached hydrogens (tertiary/aromatic N) is 1. The first-order valence-corrected chi connectivity index (χ1v) is 9.23. The van der Waals surface area contributed by atoms with Crippen LogP contribution in [0.1, 0.15) is 60.3 Å². The van der Waals surface area contributed by atoms with Gasteiger partial charge in [-0.25, -0.2) is 0 Å². The van der Waals surface area contributed by atoms with Crippen molar-refractivity contribution in [1.82, 2.24) is 10.2 Å². The molecule has 2 unspecified atom stereocenters. The van der Waals surface area contributed by atoms with Gasteiger partial charge in [-0.3, -0.25) is 9.59 Å². The maximum Gasteiger partial charge on any atom is 0.248 e. The van der Waals surface area contributed by atoms with Crippen LogP contribution in [-0.2, 0) is 9.59 Å². The third-order valence-corrected chi connectivity index (χ3v) is 6.66. The van der Waals surface area contributed by atoms with Crippen molar-refractivity contribution in [1.29, 1.82) is 0 Å². The Balaban J connectivity index is 3.14. The summed E-state index contributed by atoms with van der Waals surface area (Å²) in [7, 11) is 0. The smallest absolute Gasteiger partial charge is 0.248 e. The van der Waals surface area contributed by atoms with Gasteiger partial charge in [-0.2, -0.15) is 11.8 Å². The largest absolute Gasteiger partial charge is 0.340 e. The minimum Gasteiger partial charge on any atom is -0.340 e. The Morgan fingerprint density at radius 1 is 1.24 bits per heavy atom. The Morgan fingerprint density at radius 2 is 1.81 bits per heavy atom. The highest BCUT2D eigenvalue weighted by Crippen LogP contribution is 2.34. The first-order chi connectivity index (χ1) is 9.82. The number of hydrogen-bond donors (Lipinski definition) is 1. The van der Waals surface area contributed by atoms with Gasteiger partial charge in [0.25, 0.3) is 0 Å². The van der Waals surface area contributed by atoms with Gasteiger partial charge in [-0.15, -0.1) is 0 Å². The summed E-state index contributed by atoms with van der Waals surface area (Å²) in [5.41, 5.74) is -0.756. The van der Waals surface area contributed by atoms with Crippen molar-refractivity contribution in [2.45, 2.75) is 76.6 Å². The molecule has 2 atom stereocenters. The topological polar surface area (TPSA) is 49.4 Å². The van der Waals surface area contributed by atoms with Gasteiger partial charge in [-0.05, 0) is 38.9 Å². The highest BCUT2D eigenvalue weighted by Gasteiger charge is 2.48. The van der Waals surface area contributed by atoms with Crippen LogP contribution in [0.25, 0.3) is 0 Å². The second-order valence-electron chi connectivity index (χ2n) is 6.13. The molecular formula is C16H30N2O2S. The Kier molecular flexibility index (Phi) is 6.14. The molecule has 5 heteroatoms. The maximum atomic E-state index is 12.9. The highest BCUT2D eigenvalue weighted by molar-refractivity contribution is 8.00. The van der Waals surface area contributed by atoms with Crippen molar-refractivity contribution in [2.75, 3.05) is 12.8 Å². The van der Waals surface area contributed by atoms with E-state index >= 15 is 0 Å². The van der Waals surface area contributed by atoms with E-state index in [0.717, 1.165) is 12.8 Å². The van der Waals surface area contributed by atoms with E-state index < -0.39 is 5.54 Å². The van der Waals surface area contributed by atoms with Crippen molar-refractivity contribution in [3.63, 3.8) is 0 Å². The molecule has 1 N–H and O–H groups in total. The molecule has 21 heavy (non-hydrogen) atoms. The molecule has 0 aliphatic carbocycles. The zero-order valence-electron chi connectivity index (χ0n) is 14.3. The van der Waals surface area contributed by atoms with E-state index in [2.05, 4.69) is 25.4 Å². The lowest BCUT2D eigenvalue weighted by Gasteiger charge is -2.47. The lowest BCUT2D eigenvalue weighted by molar-refractivity contribution is -0.155. The van der Waals surface area contributed by atoms with Gasteiger partial charge < -0.3 is 10.2 Å². The van der Waals surface area contributed by atoms with Crippen LogP contribution in [0, 0.1) is 0 Å². The molecule has 122 valence electrons. The van der Waals surface area contributed by atoms with Crippen LogP contribution in [0.4, 0.5) is 0 Å². The number of thioether (sulfide) groups is 1. The number of carbonyl (C=O) groups is 2. The Hall–Kier alpha value is -0.710. The van der Waals surface area contributed by atoms with Crippen molar-refractivity contribution < 1.29 is 9.59 Å². The molecule has 0 saturated carbocycles. The second kappa shape index (κ2) is 7.03. The minimum absolute atomic E-state index is 0.0105. The van der Waals surface area contributed by atoms with Crippen molar-refractivity contribution >= 4 is 23.6 Å². The Morgan fingerprint density at radius 3 is 2.19 bits per heavy atom. The van der Waals surface area contributed by atoms with E-state index in [1.807, 2.05) is 37.4 Å². The summed E-state index contributed by atoms with van der Waals surface area (Å²) in [5.74, 6) is 0.0560. The summed E-state index contributed by atoms with van der Waals surface area (Å²) in [4.78, 5) is 27.2. The molecule has 0 radical (unpaired) electrons. The summed E-state index contributed by atoms with van der Waals surface area (Å²) in [6.45, 7) is 10.7. The van der Waals surface area contributed by atoms with Gasteiger partial charge in [0.05, 0.1) is 0 Å². The molecule has 0 aromatic carbocycles. The van der Waals surface area contributed by atoms with Crippen molar-refractivity contribution in [3.05, 3.63) is 0 Å². The fraction of sp³-hybridized carbons (Fsp3) is 0.875. The van der Waals surface area contributed by atoms with Crippen molar-refractivity contribution in [2.24, 2.45) is 0 Å². The summed E-state index contributed by atoms with van der Waals surface area (Å²) in [6, 6.07) is -0.332. The number of carbonyl (C=O) groups excluding carboxylic acids is 2. The third-order valence-electron chi connectivity index (χ3n) is 5.08. The van der Waals surface area contributed by atoms with E-state index in [4.69, 9.17) is 0 Å². The summed E-state index contributed by atoms with van der Waals surface area (Å²) in [6.07, 6.45) is 5.37. The average Bonchev–Trinajstić information content (AvgIpc) is 2.50. The quantitative estimate of drug-likeness (QED) is 0.786. The first kappa shape index (κ1) is 18.3. The SMILES string of the molecule is CCC1C(=O)NC(C)(CC)C(=O)N1CC(CC)(CC)SC. The van der Waals surface area contributed by atoms with E-state index in [1.54, 1.807) is 0 Å². The normalized spacial score (nSPS) is 27.0. The van der Waals surface area contributed by atoms with Gasteiger partial charge in [-0.1, -0.05) is 27.7 Å². The van der Waals surface area contributed by atoms with E-state index in [1.165, 1.54) is 0 Å². The molecular weight excluding hydrogens is 284 g/mol. The van der Waals surface area contributed by atoms with Gasteiger partial charge in [0.2, 0.25) is 11.8 Å². The van der Waals surface area contributed by atoms with E-state index in [-0.39, 0.29) is 22.6 Å². The lowest BCUT2D eigenvalue weighted by Crippen LogP contribution is -2.70. The zero-order valence-corrected chi connectivity index (χ0v) is 15.1. The molecule has 1 aliphatic rings. The lowest BCUT2D eigenvalue weighted by atomic mass is 9.89. The first-order valence-electron chi connectivity index (χ1n) is 8.01. The fourth-order valence-electron chi connectivity index (χ4n) is 2.97. The van der Waals surface area contributed by atoms with Gasteiger partial charge in [0.1, 0.15) is 11.6 Å².